The van der Waals surface area contributed by atoms with Gasteiger partial charge in [-0.15, -0.1) is 6.42 Å². The fraction of sp³-hybridized carbons (Fsp3) is 0.176. The van der Waals surface area contributed by atoms with Gasteiger partial charge in [0.15, 0.2) is 0 Å². The predicted molar refractivity (Wildman–Crippen MR) is 82.5 cm³/mol. The van der Waals surface area contributed by atoms with Crippen LogP contribution in [0.15, 0.2) is 48.5 Å². The molecule has 19 heavy (non-hydrogen) atoms. The summed E-state index contributed by atoms with van der Waals surface area (Å²) in [6.45, 7) is 0.793. The summed E-state index contributed by atoms with van der Waals surface area (Å²) in [4.78, 5) is 2.09. The van der Waals surface area contributed by atoms with Crippen molar-refractivity contribution in [1.82, 2.24) is 0 Å². The van der Waals surface area contributed by atoms with Crippen molar-refractivity contribution >= 4 is 11.4 Å². The largest absolute Gasteiger partial charge is 0.381 e. The Labute approximate surface area is 115 Å². The number of terminal acetylenes is 1. The zero-order valence-corrected chi connectivity index (χ0v) is 11.4. The molecule has 2 aromatic rings. The summed E-state index contributed by atoms with van der Waals surface area (Å²) in [5.41, 5.74) is 4.40. The highest BCUT2D eigenvalue weighted by atomic mass is 15.1. The molecular formula is C17H18N2. The molecule has 0 atom stereocenters. The zero-order valence-electron chi connectivity index (χ0n) is 11.4. The number of nitrogens with one attached hydrogen (secondary N) is 1. The molecule has 0 amide bonds. The van der Waals surface area contributed by atoms with E-state index in [0.717, 1.165) is 17.8 Å². The van der Waals surface area contributed by atoms with E-state index >= 15 is 0 Å². The molecule has 0 spiro atoms. The van der Waals surface area contributed by atoms with Crippen LogP contribution >= 0.6 is 0 Å². The van der Waals surface area contributed by atoms with Crippen molar-refractivity contribution in [3.05, 3.63) is 59.7 Å². The molecule has 0 aliphatic carbocycles. The third kappa shape index (κ3) is 3.53. The van der Waals surface area contributed by atoms with Gasteiger partial charge in [-0.3, -0.25) is 0 Å². The van der Waals surface area contributed by atoms with Crippen molar-refractivity contribution in [2.45, 2.75) is 6.54 Å². The van der Waals surface area contributed by atoms with Crippen molar-refractivity contribution in [1.29, 1.82) is 0 Å². The Morgan fingerprint density at radius 1 is 1.11 bits per heavy atom. The third-order valence-corrected chi connectivity index (χ3v) is 2.98. The summed E-state index contributed by atoms with van der Waals surface area (Å²) in [5, 5.41) is 3.38. The molecule has 96 valence electrons. The highest BCUT2D eigenvalue weighted by Gasteiger charge is 1.97. The number of hydrogen-bond donors (Lipinski definition) is 1. The first kappa shape index (κ1) is 13.0. The van der Waals surface area contributed by atoms with E-state index in [-0.39, 0.29) is 0 Å². The molecule has 0 saturated carbocycles. The Hall–Kier alpha value is -2.40. The molecule has 0 aromatic heterocycles. The van der Waals surface area contributed by atoms with Crippen molar-refractivity contribution in [2.75, 3.05) is 24.3 Å². The maximum absolute atomic E-state index is 5.39. The second kappa shape index (κ2) is 5.97. The predicted octanol–water partition coefficient (Wildman–Crippen LogP) is 3.35. The van der Waals surface area contributed by atoms with Crippen molar-refractivity contribution in [3.8, 4) is 12.3 Å². The average Bonchev–Trinajstić information content (AvgIpc) is 2.46. The van der Waals surface area contributed by atoms with Crippen LogP contribution in [0.4, 0.5) is 11.4 Å². The molecule has 2 heteroatoms. The van der Waals surface area contributed by atoms with E-state index < -0.39 is 0 Å². The highest BCUT2D eigenvalue weighted by Crippen LogP contribution is 2.15. The normalized spacial score (nSPS) is 9.74. The van der Waals surface area contributed by atoms with Gasteiger partial charge in [-0.1, -0.05) is 24.1 Å². The fourth-order valence-electron chi connectivity index (χ4n) is 1.84. The number of benzene rings is 2. The molecular weight excluding hydrogens is 232 g/mol. The van der Waals surface area contributed by atoms with Gasteiger partial charge < -0.3 is 10.2 Å². The Balaban J connectivity index is 2.00. The quantitative estimate of drug-likeness (QED) is 0.837. The second-order valence-corrected chi connectivity index (χ2v) is 4.64. The van der Waals surface area contributed by atoms with Gasteiger partial charge in [0.2, 0.25) is 0 Å². The van der Waals surface area contributed by atoms with Crippen molar-refractivity contribution < 1.29 is 0 Å². The summed E-state index contributed by atoms with van der Waals surface area (Å²) >= 11 is 0. The summed E-state index contributed by atoms with van der Waals surface area (Å²) in [6, 6.07) is 16.4. The minimum atomic E-state index is 0.793. The van der Waals surface area contributed by atoms with Crippen LogP contribution in [0.2, 0.25) is 0 Å². The van der Waals surface area contributed by atoms with Crippen LogP contribution in [-0.2, 0) is 6.54 Å². The average molecular weight is 250 g/mol. The van der Waals surface area contributed by atoms with Crippen LogP contribution in [0.3, 0.4) is 0 Å². The Morgan fingerprint density at radius 3 is 2.47 bits per heavy atom. The summed E-state index contributed by atoms with van der Waals surface area (Å²) in [5.74, 6) is 2.64. The van der Waals surface area contributed by atoms with Gasteiger partial charge in [0, 0.05) is 37.6 Å². The second-order valence-electron chi connectivity index (χ2n) is 4.64. The highest BCUT2D eigenvalue weighted by molar-refractivity contribution is 5.51. The molecule has 2 nitrogen and oxygen atoms in total. The monoisotopic (exact) mass is 250 g/mol. The van der Waals surface area contributed by atoms with Crippen molar-refractivity contribution in [3.63, 3.8) is 0 Å². The first-order chi connectivity index (χ1) is 9.19. The number of rotatable bonds is 4. The molecule has 0 aliphatic heterocycles. The van der Waals surface area contributed by atoms with Crippen LogP contribution < -0.4 is 10.2 Å². The molecule has 0 saturated heterocycles. The van der Waals surface area contributed by atoms with E-state index in [9.17, 15) is 0 Å². The van der Waals surface area contributed by atoms with Gasteiger partial charge in [-0.2, -0.15) is 0 Å². The minimum Gasteiger partial charge on any atom is -0.381 e. The van der Waals surface area contributed by atoms with Gasteiger partial charge in [-0.25, -0.2) is 0 Å². The van der Waals surface area contributed by atoms with E-state index in [2.05, 4.69) is 40.4 Å². The lowest BCUT2D eigenvalue weighted by molar-refractivity contribution is 1.11. The maximum Gasteiger partial charge on any atom is 0.0400 e. The molecule has 0 bridgehead atoms. The lowest BCUT2D eigenvalue weighted by Crippen LogP contribution is -2.08. The molecule has 0 radical (unpaired) electrons. The SMILES string of the molecule is C#Cc1cccc(NCc2ccc(N(C)C)cc2)c1. The molecule has 2 rings (SSSR count). The topological polar surface area (TPSA) is 15.3 Å². The number of hydrogen-bond acceptors (Lipinski definition) is 2. The first-order valence-electron chi connectivity index (χ1n) is 6.26. The van der Waals surface area contributed by atoms with Crippen molar-refractivity contribution in [2.24, 2.45) is 0 Å². The van der Waals surface area contributed by atoms with Crippen LogP contribution in [0, 0.1) is 12.3 Å². The fourth-order valence-corrected chi connectivity index (χ4v) is 1.84. The lowest BCUT2D eigenvalue weighted by atomic mass is 10.1. The third-order valence-electron chi connectivity index (χ3n) is 2.98. The van der Waals surface area contributed by atoms with Gasteiger partial charge in [0.25, 0.3) is 0 Å². The van der Waals surface area contributed by atoms with Crippen LogP contribution in [0.1, 0.15) is 11.1 Å². The molecule has 0 unspecified atom stereocenters. The Kier molecular flexibility index (Phi) is 4.10. The van der Waals surface area contributed by atoms with E-state index in [0.29, 0.717) is 0 Å². The smallest absolute Gasteiger partial charge is 0.0400 e. The first-order valence-corrected chi connectivity index (χ1v) is 6.26. The Morgan fingerprint density at radius 2 is 1.84 bits per heavy atom. The molecule has 0 aliphatic rings. The van der Waals surface area contributed by atoms with E-state index in [1.165, 1.54) is 11.3 Å². The van der Waals surface area contributed by atoms with Gasteiger partial charge in [-0.05, 0) is 35.9 Å². The summed E-state index contributed by atoms with van der Waals surface area (Å²) < 4.78 is 0. The standard InChI is InChI=1S/C17H18N2/c1-4-14-6-5-7-16(12-14)18-13-15-8-10-17(11-9-15)19(2)3/h1,5-12,18H,13H2,2-3H3. The van der Waals surface area contributed by atoms with E-state index in [1.807, 2.05) is 38.4 Å². The molecule has 0 fully saturated rings. The maximum atomic E-state index is 5.39. The summed E-state index contributed by atoms with van der Waals surface area (Å²) in [7, 11) is 4.08. The number of nitrogens with zero attached hydrogens (tertiary/aromatic N) is 1. The van der Waals surface area contributed by atoms with E-state index in [1.54, 1.807) is 0 Å². The van der Waals surface area contributed by atoms with Gasteiger partial charge >= 0.3 is 0 Å². The molecule has 0 heterocycles. The van der Waals surface area contributed by atoms with Crippen LogP contribution in [-0.4, -0.2) is 14.1 Å². The molecule has 1 N–H and O–H groups in total. The summed E-state index contributed by atoms with van der Waals surface area (Å²) in [6.07, 6.45) is 5.39. The van der Waals surface area contributed by atoms with Crippen LogP contribution in [0.5, 0.6) is 0 Å². The Bertz CT molecular complexity index is 577. The minimum absolute atomic E-state index is 0.793. The van der Waals surface area contributed by atoms with E-state index in [4.69, 9.17) is 6.42 Å². The zero-order chi connectivity index (χ0) is 13.7. The van der Waals surface area contributed by atoms with Gasteiger partial charge in [0.05, 0.1) is 0 Å². The number of anilines is 2. The van der Waals surface area contributed by atoms with Crippen LogP contribution in [0.25, 0.3) is 0 Å². The lowest BCUT2D eigenvalue weighted by Gasteiger charge is -2.13. The van der Waals surface area contributed by atoms with Gasteiger partial charge in [0.1, 0.15) is 0 Å². The molecule has 2 aromatic carbocycles.